The van der Waals surface area contributed by atoms with Gasteiger partial charge in [0.05, 0.1) is 0 Å². The first kappa shape index (κ1) is 15.0. The number of piperidine rings is 1. The number of aromatic amines is 1. The Kier molecular flexibility index (Phi) is 4.11. The molecular weight excluding hydrogens is 290 g/mol. The summed E-state index contributed by atoms with van der Waals surface area (Å²) in [4.78, 5) is 13.3. The highest BCUT2D eigenvalue weighted by atomic mass is 19.1. The third-order valence-electron chi connectivity index (χ3n) is 4.42. The number of halogens is 2. The lowest BCUT2D eigenvalue weighted by molar-refractivity contribution is 0.155. The van der Waals surface area contributed by atoms with E-state index in [-0.39, 0.29) is 23.3 Å². The highest BCUT2D eigenvalue weighted by molar-refractivity contribution is 5.20. The van der Waals surface area contributed by atoms with E-state index in [2.05, 4.69) is 10.1 Å². The number of rotatable bonds is 3. The van der Waals surface area contributed by atoms with Crippen molar-refractivity contribution < 1.29 is 13.3 Å². The van der Waals surface area contributed by atoms with Crippen LogP contribution in [-0.4, -0.2) is 29.7 Å². The van der Waals surface area contributed by atoms with E-state index in [9.17, 15) is 13.6 Å². The summed E-state index contributed by atoms with van der Waals surface area (Å²) in [7, 11) is 1.98. The van der Waals surface area contributed by atoms with Gasteiger partial charge in [-0.05, 0) is 56.6 Å². The van der Waals surface area contributed by atoms with Crippen LogP contribution in [0.1, 0.15) is 30.1 Å². The van der Waals surface area contributed by atoms with E-state index >= 15 is 0 Å². The monoisotopic (exact) mass is 308 g/mol. The van der Waals surface area contributed by atoms with Crippen molar-refractivity contribution in [2.45, 2.75) is 31.2 Å². The molecule has 0 aliphatic carbocycles. The average molecular weight is 308 g/mol. The van der Waals surface area contributed by atoms with Crippen LogP contribution in [0.25, 0.3) is 0 Å². The molecule has 1 saturated heterocycles. The smallest absolute Gasteiger partial charge is 0.280 e. The van der Waals surface area contributed by atoms with Crippen LogP contribution in [0.2, 0.25) is 0 Å². The summed E-state index contributed by atoms with van der Waals surface area (Å²) in [6.07, 6.45) is 2.05. The molecule has 1 fully saturated rings. The van der Waals surface area contributed by atoms with Gasteiger partial charge >= 0.3 is 0 Å². The van der Waals surface area contributed by atoms with Gasteiger partial charge in [-0.2, -0.15) is 5.16 Å². The van der Waals surface area contributed by atoms with E-state index in [0.29, 0.717) is 17.7 Å². The number of benzene rings is 1. The zero-order valence-corrected chi connectivity index (χ0v) is 12.3. The molecule has 4 nitrogen and oxygen atoms in total. The van der Waals surface area contributed by atoms with Crippen molar-refractivity contribution in [3.8, 4) is 0 Å². The second kappa shape index (κ2) is 6.04. The Morgan fingerprint density at radius 2 is 2.18 bits per heavy atom. The van der Waals surface area contributed by atoms with Crippen LogP contribution >= 0.6 is 0 Å². The fourth-order valence-electron chi connectivity index (χ4n) is 3.12. The van der Waals surface area contributed by atoms with Gasteiger partial charge in [0.1, 0.15) is 17.4 Å². The SMILES string of the molecule is CN1CC[C@@H](c2cc(=O)[nH]o2)C[C@H]1Cc1cc(F)ccc1F. The highest BCUT2D eigenvalue weighted by Gasteiger charge is 2.29. The van der Waals surface area contributed by atoms with Gasteiger partial charge in [0.15, 0.2) is 0 Å². The summed E-state index contributed by atoms with van der Waals surface area (Å²) in [5.41, 5.74) is 0.134. The van der Waals surface area contributed by atoms with Crippen LogP contribution in [0.4, 0.5) is 8.78 Å². The summed E-state index contributed by atoms with van der Waals surface area (Å²) in [5.74, 6) is -0.0484. The minimum absolute atomic E-state index is 0.0789. The second-order valence-electron chi connectivity index (χ2n) is 5.91. The molecule has 3 rings (SSSR count). The summed E-state index contributed by atoms with van der Waals surface area (Å²) in [5, 5.41) is 2.30. The third kappa shape index (κ3) is 3.11. The van der Waals surface area contributed by atoms with Gasteiger partial charge in [-0.25, -0.2) is 8.78 Å². The molecule has 0 amide bonds. The van der Waals surface area contributed by atoms with Crippen molar-refractivity contribution in [3.05, 3.63) is 57.6 Å². The fraction of sp³-hybridized carbons (Fsp3) is 0.438. The van der Waals surface area contributed by atoms with Gasteiger partial charge in [0.2, 0.25) is 0 Å². The summed E-state index contributed by atoms with van der Waals surface area (Å²) >= 11 is 0. The molecule has 1 aromatic carbocycles. The number of hydrogen-bond acceptors (Lipinski definition) is 3. The van der Waals surface area contributed by atoms with Crippen molar-refractivity contribution in [2.24, 2.45) is 0 Å². The molecule has 0 saturated carbocycles. The van der Waals surface area contributed by atoms with Crippen molar-refractivity contribution in [1.82, 2.24) is 10.1 Å². The molecule has 0 spiro atoms. The molecule has 1 N–H and O–H groups in total. The first-order valence-electron chi connectivity index (χ1n) is 7.35. The van der Waals surface area contributed by atoms with E-state index in [0.717, 1.165) is 31.5 Å². The summed E-state index contributed by atoms with van der Waals surface area (Å²) in [6.45, 7) is 0.821. The Bertz CT molecular complexity index is 710. The Balaban J connectivity index is 1.77. The molecule has 2 atom stereocenters. The van der Waals surface area contributed by atoms with Crippen LogP contribution in [-0.2, 0) is 6.42 Å². The lowest BCUT2D eigenvalue weighted by atomic mass is 9.86. The number of H-pyrrole nitrogens is 1. The van der Waals surface area contributed by atoms with Crippen LogP contribution in [0.15, 0.2) is 33.6 Å². The molecule has 6 heteroatoms. The molecule has 118 valence electrons. The highest BCUT2D eigenvalue weighted by Crippen LogP contribution is 2.32. The van der Waals surface area contributed by atoms with E-state index in [1.807, 2.05) is 7.05 Å². The molecule has 1 aromatic heterocycles. The van der Waals surface area contributed by atoms with Crippen LogP contribution in [0.5, 0.6) is 0 Å². The predicted octanol–water partition coefficient (Wildman–Crippen LogP) is 2.67. The van der Waals surface area contributed by atoms with Crippen molar-refractivity contribution in [1.29, 1.82) is 0 Å². The maximum atomic E-state index is 13.8. The Labute approximate surface area is 126 Å². The number of nitrogens with zero attached hydrogens (tertiary/aromatic N) is 1. The van der Waals surface area contributed by atoms with Crippen molar-refractivity contribution >= 4 is 0 Å². The average Bonchev–Trinajstić information content (AvgIpc) is 2.92. The van der Waals surface area contributed by atoms with Gasteiger partial charge in [-0.3, -0.25) is 4.79 Å². The van der Waals surface area contributed by atoms with Gasteiger partial charge in [-0.15, -0.1) is 0 Å². The number of hydrogen-bond donors (Lipinski definition) is 1. The van der Waals surface area contributed by atoms with Gasteiger partial charge in [0, 0.05) is 18.0 Å². The van der Waals surface area contributed by atoms with Crippen molar-refractivity contribution in [3.63, 3.8) is 0 Å². The molecule has 1 aliphatic heterocycles. The lowest BCUT2D eigenvalue weighted by Gasteiger charge is -2.36. The molecule has 2 aromatic rings. The third-order valence-corrected chi connectivity index (χ3v) is 4.42. The predicted molar refractivity (Wildman–Crippen MR) is 77.8 cm³/mol. The fourth-order valence-corrected chi connectivity index (χ4v) is 3.12. The molecule has 1 aliphatic rings. The van der Waals surface area contributed by atoms with E-state index in [4.69, 9.17) is 4.52 Å². The van der Waals surface area contributed by atoms with Crippen LogP contribution in [0.3, 0.4) is 0 Å². The van der Waals surface area contributed by atoms with E-state index in [1.54, 1.807) is 0 Å². The maximum absolute atomic E-state index is 13.8. The zero-order valence-electron chi connectivity index (χ0n) is 12.3. The Hall–Kier alpha value is -1.95. The van der Waals surface area contributed by atoms with Crippen LogP contribution in [0, 0.1) is 11.6 Å². The number of aromatic nitrogens is 1. The van der Waals surface area contributed by atoms with E-state index < -0.39 is 5.82 Å². The van der Waals surface area contributed by atoms with Gasteiger partial charge < -0.3 is 9.42 Å². The largest absolute Gasteiger partial charge is 0.383 e. The molecule has 2 heterocycles. The number of nitrogens with one attached hydrogen (secondary N) is 1. The van der Waals surface area contributed by atoms with Gasteiger partial charge in [0.25, 0.3) is 5.56 Å². The Morgan fingerprint density at radius 1 is 1.36 bits per heavy atom. The first-order valence-corrected chi connectivity index (χ1v) is 7.35. The minimum atomic E-state index is -0.428. The molecular formula is C16H18F2N2O2. The minimum Gasteiger partial charge on any atom is -0.383 e. The molecule has 0 unspecified atom stereocenters. The second-order valence-corrected chi connectivity index (χ2v) is 5.91. The quantitative estimate of drug-likeness (QED) is 0.948. The molecule has 0 bridgehead atoms. The standard InChI is InChI=1S/C16H18F2N2O2/c1-20-5-4-10(15-9-16(21)19-22-15)7-13(20)8-11-6-12(17)2-3-14(11)18/h2-3,6,9-10,13H,4-5,7-8H2,1H3,(H,19,21)/t10-,13+/m1/s1. The topological polar surface area (TPSA) is 49.2 Å². The first-order chi connectivity index (χ1) is 10.5. The van der Waals surface area contributed by atoms with Gasteiger partial charge in [-0.1, -0.05) is 0 Å². The molecule has 0 radical (unpaired) electrons. The lowest BCUT2D eigenvalue weighted by Crippen LogP contribution is -2.40. The van der Waals surface area contributed by atoms with Crippen LogP contribution < -0.4 is 5.56 Å². The molecule has 22 heavy (non-hydrogen) atoms. The maximum Gasteiger partial charge on any atom is 0.280 e. The normalized spacial score (nSPS) is 22.9. The van der Waals surface area contributed by atoms with E-state index in [1.165, 1.54) is 12.1 Å². The summed E-state index contributed by atoms with van der Waals surface area (Å²) in [6, 6.07) is 5.09. The van der Waals surface area contributed by atoms with Crippen molar-refractivity contribution in [2.75, 3.05) is 13.6 Å². The number of likely N-dealkylation sites (tertiary alicyclic amines) is 1. The summed E-state index contributed by atoms with van der Waals surface area (Å²) < 4.78 is 32.3. The zero-order chi connectivity index (χ0) is 15.7. The number of likely N-dealkylation sites (N-methyl/N-ethyl adjacent to an activating group) is 1. The Morgan fingerprint density at radius 3 is 2.91 bits per heavy atom.